The molecule has 0 amide bonds. The Morgan fingerprint density at radius 2 is 2.50 bits per heavy atom. The van der Waals surface area contributed by atoms with Crippen LogP contribution in [0.4, 0.5) is 0 Å². The van der Waals surface area contributed by atoms with Crippen molar-refractivity contribution in [2.45, 2.75) is 12.2 Å². The van der Waals surface area contributed by atoms with E-state index in [-0.39, 0.29) is 6.42 Å². The predicted octanol–water partition coefficient (Wildman–Crippen LogP) is -0.0395. The maximum atomic E-state index is 10.4. The van der Waals surface area contributed by atoms with Crippen molar-refractivity contribution in [2.75, 3.05) is 0 Å². The van der Waals surface area contributed by atoms with Crippen molar-refractivity contribution in [3.05, 3.63) is 0 Å². The second-order valence-corrected chi connectivity index (χ2v) is 2.94. The Labute approximate surface area is 46.9 Å². The second-order valence-electron chi connectivity index (χ2n) is 1.52. The first-order valence-corrected chi connectivity index (χ1v) is 3.37. The molecule has 1 rings (SSSR count). The summed E-state index contributed by atoms with van der Waals surface area (Å²) in [5, 5.41) is 0. The molecule has 0 saturated carbocycles. The van der Waals surface area contributed by atoms with Crippen LogP contribution >= 0.6 is 8.03 Å². The van der Waals surface area contributed by atoms with E-state index in [1.54, 1.807) is 0 Å². The van der Waals surface area contributed by atoms with Gasteiger partial charge in [0.05, 0.1) is 0 Å². The van der Waals surface area contributed by atoms with Crippen LogP contribution in [0.5, 0.6) is 0 Å². The van der Waals surface area contributed by atoms with Crippen molar-refractivity contribution < 1.29 is 13.9 Å². The molecule has 4 nitrogen and oxygen atoms in total. The molecule has 1 saturated heterocycles. The number of hydrogen-bond donors (Lipinski definition) is 1. The number of hydrogen-bond acceptors (Lipinski definition) is 4. The molecule has 1 fully saturated rings. The molecule has 2 N–H and O–H groups in total. The molecule has 2 atom stereocenters. The zero-order chi connectivity index (χ0) is 6.15. The summed E-state index contributed by atoms with van der Waals surface area (Å²) in [6, 6.07) is 0. The third kappa shape index (κ3) is 0.854. The molecule has 0 aromatic rings. The number of carbonyl (C=O) groups is 1. The fourth-order valence-corrected chi connectivity index (χ4v) is 1.16. The molecule has 44 valence electrons. The van der Waals surface area contributed by atoms with Crippen molar-refractivity contribution in [1.29, 1.82) is 0 Å². The van der Waals surface area contributed by atoms with Gasteiger partial charge < -0.3 is 0 Å². The average Bonchev–Trinajstić information content (AvgIpc) is 1.85. The van der Waals surface area contributed by atoms with E-state index in [1.165, 1.54) is 0 Å². The molecular weight excluding hydrogens is 129 g/mol. The lowest BCUT2D eigenvalue weighted by atomic mass is 10.4. The largest absolute Gasteiger partial charge is 0.578 e. The Morgan fingerprint density at radius 1 is 1.88 bits per heavy atom. The molecule has 0 radical (unpaired) electrons. The number of rotatable bonds is 0. The molecule has 2 unspecified atom stereocenters. The maximum Gasteiger partial charge on any atom is 0.578 e. The topological polar surface area (TPSA) is 69.4 Å². The van der Waals surface area contributed by atoms with E-state index in [2.05, 4.69) is 4.52 Å². The Hall–Kier alpha value is -0.470. The molecule has 0 aromatic heterocycles. The Morgan fingerprint density at radius 3 is 2.62 bits per heavy atom. The van der Waals surface area contributed by atoms with Gasteiger partial charge in [0, 0.05) is 0 Å². The van der Waals surface area contributed by atoms with E-state index in [9.17, 15) is 9.36 Å². The smallest absolute Gasteiger partial charge is 0.284 e. The lowest BCUT2D eigenvalue weighted by Crippen LogP contribution is -2.11. The Balaban J connectivity index is 2.64. The highest BCUT2D eigenvalue weighted by Gasteiger charge is 2.43. The van der Waals surface area contributed by atoms with E-state index < -0.39 is 19.8 Å². The molecule has 0 aliphatic carbocycles. The van der Waals surface area contributed by atoms with E-state index in [0.717, 1.165) is 0 Å². The minimum absolute atomic E-state index is 0.0925. The van der Waals surface area contributed by atoms with E-state index in [4.69, 9.17) is 5.73 Å². The van der Waals surface area contributed by atoms with Gasteiger partial charge in [-0.05, 0) is 4.57 Å². The van der Waals surface area contributed by atoms with Gasteiger partial charge in [-0.1, -0.05) is 0 Å². The highest BCUT2D eigenvalue weighted by molar-refractivity contribution is 7.41. The first kappa shape index (κ1) is 5.66. The monoisotopic (exact) mass is 134 g/mol. The first-order valence-electron chi connectivity index (χ1n) is 2.13. The van der Waals surface area contributed by atoms with Crippen LogP contribution in [0.2, 0.25) is 0 Å². The standard InChI is InChI=1S/C3H5NO3P/c4-2-1-3(5)7-8(2)6/h2H,1,4H2/q+1. The number of nitrogens with two attached hydrogens (primary N) is 1. The fraction of sp³-hybridized carbons (Fsp3) is 0.667. The van der Waals surface area contributed by atoms with Crippen molar-refractivity contribution in [1.82, 2.24) is 0 Å². The molecule has 0 spiro atoms. The van der Waals surface area contributed by atoms with Crippen LogP contribution < -0.4 is 5.73 Å². The summed E-state index contributed by atoms with van der Waals surface area (Å²) < 4.78 is 14.6. The third-order valence-corrected chi connectivity index (χ3v) is 1.95. The van der Waals surface area contributed by atoms with Crippen molar-refractivity contribution in [2.24, 2.45) is 5.73 Å². The van der Waals surface area contributed by atoms with Gasteiger partial charge in [0.25, 0.3) is 5.78 Å². The highest BCUT2D eigenvalue weighted by atomic mass is 31.1. The van der Waals surface area contributed by atoms with Crippen molar-refractivity contribution in [3.63, 3.8) is 0 Å². The molecule has 8 heavy (non-hydrogen) atoms. The van der Waals surface area contributed by atoms with Gasteiger partial charge in [0.15, 0.2) is 0 Å². The van der Waals surface area contributed by atoms with Gasteiger partial charge in [-0.15, -0.1) is 0 Å². The normalized spacial score (nSPS) is 32.9. The van der Waals surface area contributed by atoms with Gasteiger partial charge in [-0.25, -0.2) is 9.32 Å². The molecule has 0 aromatic carbocycles. The lowest BCUT2D eigenvalue weighted by molar-refractivity contribution is -0.132. The van der Waals surface area contributed by atoms with Crippen LogP contribution in [-0.2, 0) is 13.9 Å². The van der Waals surface area contributed by atoms with Gasteiger partial charge >= 0.3 is 14.0 Å². The van der Waals surface area contributed by atoms with Gasteiger partial charge in [0.2, 0.25) is 0 Å². The summed E-state index contributed by atoms with van der Waals surface area (Å²) >= 11 is 0. The summed E-state index contributed by atoms with van der Waals surface area (Å²) in [7, 11) is -1.89. The summed E-state index contributed by atoms with van der Waals surface area (Å²) in [5.74, 6) is -1.03. The summed E-state index contributed by atoms with van der Waals surface area (Å²) in [4.78, 5) is 10.2. The van der Waals surface area contributed by atoms with Gasteiger partial charge in [-0.2, -0.15) is 0 Å². The van der Waals surface area contributed by atoms with E-state index in [1.807, 2.05) is 0 Å². The summed E-state index contributed by atoms with van der Waals surface area (Å²) in [5.41, 5.74) is 5.14. The van der Waals surface area contributed by atoms with Crippen molar-refractivity contribution in [3.8, 4) is 0 Å². The van der Waals surface area contributed by atoms with Crippen molar-refractivity contribution >= 4 is 14.0 Å². The van der Waals surface area contributed by atoms with Crippen LogP contribution in [0.25, 0.3) is 0 Å². The van der Waals surface area contributed by atoms with Crippen LogP contribution in [0.15, 0.2) is 0 Å². The second kappa shape index (κ2) is 1.80. The first-order chi connectivity index (χ1) is 3.70. The van der Waals surface area contributed by atoms with Gasteiger partial charge in [0.1, 0.15) is 6.42 Å². The summed E-state index contributed by atoms with van der Waals surface area (Å²) in [6.45, 7) is 0. The number of carbonyl (C=O) groups excluding carboxylic acids is 1. The van der Waals surface area contributed by atoms with Crippen LogP contribution in [0.1, 0.15) is 6.42 Å². The van der Waals surface area contributed by atoms with Crippen LogP contribution in [0.3, 0.4) is 0 Å². The summed E-state index contributed by atoms with van der Waals surface area (Å²) in [6.07, 6.45) is 0.0925. The molecule has 1 aliphatic heterocycles. The Kier molecular flexibility index (Phi) is 1.27. The fourth-order valence-electron chi connectivity index (χ4n) is 0.451. The SMILES string of the molecule is NC1CC(=O)O[P+]1=O. The maximum absolute atomic E-state index is 10.4. The molecule has 0 bridgehead atoms. The zero-order valence-electron chi connectivity index (χ0n) is 4.03. The zero-order valence-corrected chi connectivity index (χ0v) is 4.93. The van der Waals surface area contributed by atoms with E-state index in [0.29, 0.717) is 0 Å². The third-order valence-electron chi connectivity index (χ3n) is 0.838. The van der Waals surface area contributed by atoms with Gasteiger partial charge in [-0.3, -0.25) is 5.73 Å². The predicted molar refractivity (Wildman–Crippen MR) is 26.3 cm³/mol. The minimum Gasteiger partial charge on any atom is -0.284 e. The van der Waals surface area contributed by atoms with Crippen LogP contribution in [-0.4, -0.2) is 11.8 Å². The molecule has 5 heteroatoms. The highest BCUT2D eigenvalue weighted by Crippen LogP contribution is 2.35. The molecular formula is C3H5NO3P+. The quantitative estimate of drug-likeness (QED) is 0.472. The average molecular weight is 134 g/mol. The minimum atomic E-state index is -1.89. The Bertz CT molecular complexity index is 145. The molecule has 1 heterocycles. The van der Waals surface area contributed by atoms with E-state index >= 15 is 0 Å². The molecule has 1 aliphatic rings. The van der Waals surface area contributed by atoms with Crippen LogP contribution in [0, 0.1) is 0 Å². The lowest BCUT2D eigenvalue weighted by Gasteiger charge is -1.73.